The summed E-state index contributed by atoms with van der Waals surface area (Å²) in [7, 11) is 1.58. The molecule has 5 rings (SSSR count). The molecule has 0 bridgehead atoms. The van der Waals surface area contributed by atoms with Crippen molar-refractivity contribution in [2.75, 3.05) is 37.0 Å². The van der Waals surface area contributed by atoms with Crippen molar-refractivity contribution in [2.45, 2.75) is 0 Å². The van der Waals surface area contributed by atoms with Gasteiger partial charge in [0, 0.05) is 35.8 Å². The minimum absolute atomic E-state index is 0.0466. The lowest BCUT2D eigenvalue weighted by Gasteiger charge is -2.29. The van der Waals surface area contributed by atoms with Crippen molar-refractivity contribution in [3.05, 3.63) is 77.5 Å². The van der Waals surface area contributed by atoms with E-state index in [0.29, 0.717) is 40.7 Å². The predicted molar refractivity (Wildman–Crippen MR) is 133 cm³/mol. The number of anilines is 2. The van der Waals surface area contributed by atoms with Crippen LogP contribution in [-0.2, 0) is 4.79 Å². The van der Waals surface area contributed by atoms with E-state index in [1.54, 1.807) is 31.4 Å². The summed E-state index contributed by atoms with van der Waals surface area (Å²) in [6.07, 6.45) is 0. The zero-order valence-electron chi connectivity index (χ0n) is 18.4. The summed E-state index contributed by atoms with van der Waals surface area (Å²) in [4.78, 5) is 27.0. The van der Waals surface area contributed by atoms with Crippen LogP contribution in [0.25, 0.3) is 22.1 Å². The lowest BCUT2D eigenvalue weighted by molar-refractivity contribution is -0.120. The van der Waals surface area contributed by atoms with Crippen LogP contribution in [0.4, 0.5) is 11.4 Å². The molecule has 7 nitrogen and oxygen atoms in total. The number of carbonyl (C=O) groups excluding carboxylic acids is 2. The normalized spacial score (nSPS) is 13.6. The molecule has 0 aliphatic carbocycles. The molecule has 1 fully saturated rings. The number of furan rings is 1. The monoisotopic (exact) mass is 475 g/mol. The van der Waals surface area contributed by atoms with Gasteiger partial charge in [-0.25, -0.2) is 0 Å². The van der Waals surface area contributed by atoms with E-state index in [-0.39, 0.29) is 18.2 Å². The summed E-state index contributed by atoms with van der Waals surface area (Å²) in [6, 6.07) is 20.4. The predicted octanol–water partition coefficient (Wildman–Crippen LogP) is 4.95. The molecule has 4 aromatic rings. The van der Waals surface area contributed by atoms with Crippen molar-refractivity contribution < 1.29 is 18.7 Å². The maximum Gasteiger partial charge on any atom is 0.292 e. The Morgan fingerprint density at radius 2 is 1.94 bits per heavy atom. The Labute approximate surface area is 201 Å². The highest BCUT2D eigenvalue weighted by molar-refractivity contribution is 6.33. The van der Waals surface area contributed by atoms with Gasteiger partial charge in [-0.05, 0) is 35.9 Å². The summed E-state index contributed by atoms with van der Waals surface area (Å²) < 4.78 is 11.3. The second-order valence-corrected chi connectivity index (χ2v) is 8.33. The smallest absolute Gasteiger partial charge is 0.292 e. The van der Waals surface area contributed by atoms with Gasteiger partial charge in [0.05, 0.1) is 24.4 Å². The lowest BCUT2D eigenvalue weighted by atomic mass is 10.0. The number of carbonyl (C=O) groups is 2. The molecule has 34 heavy (non-hydrogen) atoms. The highest BCUT2D eigenvalue weighted by Gasteiger charge is 2.23. The fourth-order valence-corrected chi connectivity index (χ4v) is 4.43. The summed E-state index contributed by atoms with van der Waals surface area (Å²) >= 11 is 6.50. The molecule has 0 radical (unpaired) electrons. The molecule has 0 unspecified atom stereocenters. The number of halogens is 1. The number of nitrogens with one attached hydrogen (secondary N) is 2. The molecule has 8 heteroatoms. The minimum atomic E-state index is -0.393. The molecule has 2 amide bonds. The van der Waals surface area contributed by atoms with Gasteiger partial charge in [-0.1, -0.05) is 41.9 Å². The highest BCUT2D eigenvalue weighted by Crippen LogP contribution is 2.37. The van der Waals surface area contributed by atoms with Gasteiger partial charge in [-0.15, -0.1) is 0 Å². The molecular formula is C26H22ClN3O4. The zero-order chi connectivity index (χ0) is 23.7. The van der Waals surface area contributed by atoms with Crippen LogP contribution < -0.4 is 20.3 Å². The third kappa shape index (κ3) is 4.18. The fourth-order valence-electron chi connectivity index (χ4n) is 4.13. The van der Waals surface area contributed by atoms with Crippen molar-refractivity contribution in [3.63, 3.8) is 0 Å². The Hall–Kier alpha value is -3.97. The first-order valence-corrected chi connectivity index (χ1v) is 11.2. The van der Waals surface area contributed by atoms with Crippen LogP contribution in [0.5, 0.6) is 5.75 Å². The maximum atomic E-state index is 13.3. The van der Waals surface area contributed by atoms with Gasteiger partial charge >= 0.3 is 0 Å². The van der Waals surface area contributed by atoms with Gasteiger partial charge in [-0.2, -0.15) is 0 Å². The molecule has 1 aliphatic heterocycles. The minimum Gasteiger partial charge on any atom is -0.497 e. The van der Waals surface area contributed by atoms with E-state index >= 15 is 0 Å². The maximum absolute atomic E-state index is 13.3. The molecule has 0 spiro atoms. The SMILES string of the molecule is COc1ccc2c(-c3ccccc3)c(C(=O)Nc3ccc(N4CCNC(=O)C4)c(Cl)c3)oc2c1. The quantitative estimate of drug-likeness (QED) is 0.426. The molecule has 2 heterocycles. The number of hydrogen-bond donors (Lipinski definition) is 2. The van der Waals surface area contributed by atoms with Crippen LogP contribution in [0.3, 0.4) is 0 Å². The molecule has 172 valence electrons. The summed E-state index contributed by atoms with van der Waals surface area (Å²) in [5.74, 6) is 0.397. The van der Waals surface area contributed by atoms with E-state index in [1.165, 1.54) is 0 Å². The van der Waals surface area contributed by atoms with E-state index in [9.17, 15) is 9.59 Å². The van der Waals surface area contributed by atoms with E-state index in [4.69, 9.17) is 20.8 Å². The van der Waals surface area contributed by atoms with Crippen molar-refractivity contribution in [1.29, 1.82) is 0 Å². The number of hydrogen-bond acceptors (Lipinski definition) is 5. The molecule has 1 aromatic heterocycles. The van der Waals surface area contributed by atoms with Crippen LogP contribution in [-0.4, -0.2) is 38.6 Å². The van der Waals surface area contributed by atoms with E-state index in [1.807, 2.05) is 47.4 Å². The van der Waals surface area contributed by atoms with Gasteiger partial charge in [0.2, 0.25) is 11.7 Å². The Bertz CT molecular complexity index is 1380. The number of benzene rings is 3. The number of rotatable bonds is 5. The average Bonchev–Trinajstić information content (AvgIpc) is 3.23. The number of ether oxygens (including phenoxy) is 1. The van der Waals surface area contributed by atoms with Crippen molar-refractivity contribution >= 4 is 45.8 Å². The largest absolute Gasteiger partial charge is 0.497 e. The lowest BCUT2D eigenvalue weighted by Crippen LogP contribution is -2.47. The first-order valence-electron chi connectivity index (χ1n) is 10.8. The van der Waals surface area contributed by atoms with Gasteiger partial charge in [0.25, 0.3) is 5.91 Å². The Balaban J connectivity index is 1.48. The van der Waals surface area contributed by atoms with Crippen molar-refractivity contribution in [2.24, 2.45) is 0 Å². The highest BCUT2D eigenvalue weighted by atomic mass is 35.5. The van der Waals surface area contributed by atoms with Crippen molar-refractivity contribution in [3.8, 4) is 16.9 Å². The van der Waals surface area contributed by atoms with Gasteiger partial charge in [0.1, 0.15) is 11.3 Å². The molecule has 0 saturated carbocycles. The summed E-state index contributed by atoms with van der Waals surface area (Å²) in [5, 5.41) is 6.95. The number of amides is 2. The first-order chi connectivity index (χ1) is 16.5. The Kier molecular flexibility index (Phi) is 5.86. The second-order valence-electron chi connectivity index (χ2n) is 7.93. The Morgan fingerprint density at radius 3 is 2.68 bits per heavy atom. The average molecular weight is 476 g/mol. The molecule has 0 atom stereocenters. The second kappa shape index (κ2) is 9.11. The van der Waals surface area contributed by atoms with E-state index < -0.39 is 5.91 Å². The van der Waals surface area contributed by atoms with Crippen LogP contribution in [0, 0.1) is 0 Å². The third-order valence-corrected chi connectivity index (χ3v) is 6.05. The third-order valence-electron chi connectivity index (χ3n) is 5.75. The number of nitrogens with zero attached hydrogens (tertiary/aromatic N) is 1. The van der Waals surface area contributed by atoms with E-state index in [0.717, 1.165) is 16.6 Å². The van der Waals surface area contributed by atoms with Gasteiger partial charge in [0.15, 0.2) is 0 Å². The molecule has 2 N–H and O–H groups in total. The Morgan fingerprint density at radius 1 is 1.12 bits per heavy atom. The van der Waals surface area contributed by atoms with E-state index in [2.05, 4.69) is 10.6 Å². The molecule has 1 saturated heterocycles. The number of fused-ring (bicyclic) bond motifs is 1. The standard InChI is InChI=1S/C26H22ClN3O4/c1-33-18-8-9-19-22(14-18)34-25(24(19)16-5-3-2-4-6-16)26(32)29-17-7-10-21(20(27)13-17)30-12-11-28-23(31)15-30/h2-10,13-14H,11-12,15H2,1H3,(H,28,31)(H,29,32). The first kappa shape index (κ1) is 21.9. The molecule has 1 aliphatic rings. The summed E-state index contributed by atoms with van der Waals surface area (Å²) in [5.41, 5.74) is 3.40. The zero-order valence-corrected chi connectivity index (χ0v) is 19.2. The van der Waals surface area contributed by atoms with Gasteiger partial charge < -0.3 is 24.7 Å². The van der Waals surface area contributed by atoms with Crippen LogP contribution >= 0.6 is 11.6 Å². The number of methoxy groups -OCH3 is 1. The van der Waals surface area contributed by atoms with Crippen molar-refractivity contribution in [1.82, 2.24) is 5.32 Å². The number of piperazine rings is 1. The van der Waals surface area contributed by atoms with Crippen LogP contribution in [0.1, 0.15) is 10.6 Å². The van der Waals surface area contributed by atoms with Crippen LogP contribution in [0.15, 0.2) is 71.1 Å². The topological polar surface area (TPSA) is 83.8 Å². The van der Waals surface area contributed by atoms with Gasteiger partial charge in [-0.3, -0.25) is 9.59 Å². The van der Waals surface area contributed by atoms with Crippen LogP contribution in [0.2, 0.25) is 5.02 Å². The summed E-state index contributed by atoms with van der Waals surface area (Å²) in [6.45, 7) is 1.47. The fraction of sp³-hybridized carbons (Fsp3) is 0.154. The molecular weight excluding hydrogens is 454 g/mol. The molecule has 3 aromatic carbocycles.